The minimum absolute atomic E-state index is 0.353. The SMILES string of the molecule is CCNCC(C)S(=O)(=O)NCC1CCCC1. The normalized spacial score (nSPS) is 20.1. The summed E-state index contributed by atoms with van der Waals surface area (Å²) in [5.41, 5.74) is 0. The maximum absolute atomic E-state index is 11.8. The van der Waals surface area contributed by atoms with Crippen LogP contribution in [0.1, 0.15) is 39.5 Å². The summed E-state index contributed by atoms with van der Waals surface area (Å²) in [6.45, 7) is 5.68. The summed E-state index contributed by atoms with van der Waals surface area (Å²) in [7, 11) is -3.13. The number of nitrogens with one attached hydrogen (secondary N) is 2. The summed E-state index contributed by atoms with van der Waals surface area (Å²) in [5, 5.41) is 2.71. The Morgan fingerprint density at radius 2 is 1.94 bits per heavy atom. The summed E-state index contributed by atoms with van der Waals surface area (Å²) in [6.07, 6.45) is 4.84. The van der Waals surface area contributed by atoms with Crippen molar-refractivity contribution >= 4 is 10.0 Å². The molecule has 0 saturated heterocycles. The van der Waals surface area contributed by atoms with E-state index in [0.29, 0.717) is 19.0 Å². The second-order valence-electron chi connectivity index (χ2n) is 4.66. The Morgan fingerprint density at radius 3 is 2.50 bits per heavy atom. The minimum atomic E-state index is -3.13. The van der Waals surface area contributed by atoms with Gasteiger partial charge in [0.05, 0.1) is 5.25 Å². The fraction of sp³-hybridized carbons (Fsp3) is 1.00. The molecule has 1 unspecified atom stereocenters. The molecule has 1 aliphatic carbocycles. The van der Waals surface area contributed by atoms with Crippen LogP contribution in [0.5, 0.6) is 0 Å². The lowest BCUT2D eigenvalue weighted by Crippen LogP contribution is -2.40. The van der Waals surface area contributed by atoms with Crippen LogP contribution in [0, 0.1) is 5.92 Å². The number of rotatable bonds is 7. The van der Waals surface area contributed by atoms with Crippen molar-refractivity contribution in [3.63, 3.8) is 0 Å². The molecule has 0 aromatic carbocycles. The van der Waals surface area contributed by atoms with Gasteiger partial charge in [0.1, 0.15) is 0 Å². The summed E-state index contributed by atoms with van der Waals surface area (Å²) < 4.78 is 26.4. The molecule has 0 aromatic heterocycles. The average Bonchev–Trinajstić information content (AvgIpc) is 2.76. The summed E-state index contributed by atoms with van der Waals surface area (Å²) in [5.74, 6) is 0.557. The van der Waals surface area contributed by atoms with Crippen LogP contribution in [0.15, 0.2) is 0 Å². The minimum Gasteiger partial charge on any atom is -0.316 e. The van der Waals surface area contributed by atoms with Gasteiger partial charge in [-0.2, -0.15) is 0 Å². The molecule has 0 heterocycles. The fourth-order valence-electron chi connectivity index (χ4n) is 2.05. The highest BCUT2D eigenvalue weighted by molar-refractivity contribution is 7.90. The van der Waals surface area contributed by atoms with Gasteiger partial charge in [0.25, 0.3) is 0 Å². The molecule has 16 heavy (non-hydrogen) atoms. The largest absolute Gasteiger partial charge is 0.316 e. The van der Waals surface area contributed by atoms with Gasteiger partial charge in [-0.05, 0) is 32.2 Å². The van der Waals surface area contributed by atoms with E-state index < -0.39 is 10.0 Å². The molecular formula is C11H24N2O2S. The van der Waals surface area contributed by atoms with E-state index >= 15 is 0 Å². The molecule has 1 aliphatic rings. The first-order valence-corrected chi connectivity index (χ1v) is 7.80. The zero-order valence-electron chi connectivity index (χ0n) is 10.3. The zero-order chi connectivity index (χ0) is 12.0. The Balaban J connectivity index is 2.32. The van der Waals surface area contributed by atoms with E-state index in [0.717, 1.165) is 6.54 Å². The monoisotopic (exact) mass is 248 g/mol. The van der Waals surface area contributed by atoms with Crippen LogP contribution in [0.25, 0.3) is 0 Å². The lowest BCUT2D eigenvalue weighted by Gasteiger charge is -2.16. The Bertz CT molecular complexity index is 284. The summed E-state index contributed by atoms with van der Waals surface area (Å²) in [4.78, 5) is 0. The van der Waals surface area contributed by atoms with Crippen molar-refractivity contribution in [2.45, 2.75) is 44.8 Å². The maximum Gasteiger partial charge on any atom is 0.215 e. The first kappa shape index (κ1) is 13.9. The Hall–Kier alpha value is -0.130. The highest BCUT2D eigenvalue weighted by Crippen LogP contribution is 2.23. The van der Waals surface area contributed by atoms with Crippen LogP contribution in [-0.4, -0.2) is 33.3 Å². The van der Waals surface area contributed by atoms with E-state index in [2.05, 4.69) is 10.0 Å². The van der Waals surface area contributed by atoms with Crippen LogP contribution in [0.2, 0.25) is 0 Å². The van der Waals surface area contributed by atoms with Gasteiger partial charge in [0.2, 0.25) is 10.0 Å². The number of hydrogen-bond donors (Lipinski definition) is 2. The van der Waals surface area contributed by atoms with E-state index in [4.69, 9.17) is 0 Å². The average molecular weight is 248 g/mol. The third-order valence-electron chi connectivity index (χ3n) is 3.26. The lowest BCUT2D eigenvalue weighted by molar-refractivity contribution is 0.511. The molecule has 5 heteroatoms. The molecule has 0 amide bonds. The van der Waals surface area contributed by atoms with Crippen molar-refractivity contribution in [2.24, 2.45) is 5.92 Å². The first-order chi connectivity index (χ1) is 7.56. The van der Waals surface area contributed by atoms with Gasteiger partial charge in [0.15, 0.2) is 0 Å². The summed E-state index contributed by atoms with van der Waals surface area (Å²) in [6, 6.07) is 0. The summed E-state index contributed by atoms with van der Waals surface area (Å²) >= 11 is 0. The van der Waals surface area contributed by atoms with Crippen molar-refractivity contribution in [3.8, 4) is 0 Å². The third-order valence-corrected chi connectivity index (χ3v) is 5.05. The second kappa shape index (κ2) is 6.57. The molecule has 96 valence electrons. The molecule has 4 nitrogen and oxygen atoms in total. The smallest absolute Gasteiger partial charge is 0.215 e. The topological polar surface area (TPSA) is 58.2 Å². The van der Waals surface area contributed by atoms with Crippen molar-refractivity contribution in [1.29, 1.82) is 0 Å². The molecule has 0 aliphatic heterocycles. The van der Waals surface area contributed by atoms with Gasteiger partial charge >= 0.3 is 0 Å². The van der Waals surface area contributed by atoms with Crippen LogP contribution in [-0.2, 0) is 10.0 Å². The lowest BCUT2D eigenvalue weighted by atomic mass is 10.1. The molecule has 2 N–H and O–H groups in total. The highest BCUT2D eigenvalue weighted by atomic mass is 32.2. The fourth-order valence-corrected chi connectivity index (χ4v) is 3.14. The van der Waals surface area contributed by atoms with Gasteiger partial charge in [-0.1, -0.05) is 19.8 Å². The van der Waals surface area contributed by atoms with Crippen molar-refractivity contribution < 1.29 is 8.42 Å². The molecule has 1 fully saturated rings. The van der Waals surface area contributed by atoms with Crippen molar-refractivity contribution in [2.75, 3.05) is 19.6 Å². The Kier molecular flexibility index (Phi) is 5.72. The van der Waals surface area contributed by atoms with Crippen LogP contribution in [0.4, 0.5) is 0 Å². The van der Waals surface area contributed by atoms with E-state index in [9.17, 15) is 8.42 Å². The van der Waals surface area contributed by atoms with Gasteiger partial charge in [-0.3, -0.25) is 0 Å². The van der Waals surface area contributed by atoms with Gasteiger partial charge in [-0.25, -0.2) is 13.1 Å². The predicted octanol–water partition coefficient (Wildman–Crippen LogP) is 1.09. The predicted molar refractivity (Wildman–Crippen MR) is 66.9 cm³/mol. The Morgan fingerprint density at radius 1 is 1.31 bits per heavy atom. The number of hydrogen-bond acceptors (Lipinski definition) is 3. The van der Waals surface area contributed by atoms with Crippen molar-refractivity contribution in [1.82, 2.24) is 10.0 Å². The first-order valence-electron chi connectivity index (χ1n) is 6.25. The molecule has 0 bridgehead atoms. The van der Waals surface area contributed by atoms with Crippen LogP contribution < -0.4 is 10.0 Å². The van der Waals surface area contributed by atoms with Gasteiger partial charge in [-0.15, -0.1) is 0 Å². The van der Waals surface area contributed by atoms with E-state index in [1.54, 1.807) is 6.92 Å². The molecular weight excluding hydrogens is 224 g/mol. The molecule has 0 radical (unpaired) electrons. The van der Waals surface area contributed by atoms with Gasteiger partial charge < -0.3 is 5.32 Å². The molecule has 1 atom stereocenters. The highest BCUT2D eigenvalue weighted by Gasteiger charge is 2.22. The number of sulfonamides is 1. The Labute approximate surface area is 99.2 Å². The van der Waals surface area contributed by atoms with Crippen molar-refractivity contribution in [3.05, 3.63) is 0 Å². The van der Waals surface area contributed by atoms with Crippen LogP contribution >= 0.6 is 0 Å². The molecule has 1 saturated carbocycles. The quantitative estimate of drug-likeness (QED) is 0.709. The standard InChI is InChI=1S/C11H24N2O2S/c1-3-12-8-10(2)16(14,15)13-9-11-6-4-5-7-11/h10-13H,3-9H2,1-2H3. The maximum atomic E-state index is 11.8. The van der Waals surface area contributed by atoms with Gasteiger partial charge in [0, 0.05) is 13.1 Å². The molecule has 0 aromatic rings. The third kappa shape index (κ3) is 4.39. The van der Waals surface area contributed by atoms with E-state index in [-0.39, 0.29) is 5.25 Å². The molecule has 1 rings (SSSR count). The zero-order valence-corrected chi connectivity index (χ0v) is 11.1. The van der Waals surface area contributed by atoms with Crippen LogP contribution in [0.3, 0.4) is 0 Å². The van der Waals surface area contributed by atoms with E-state index in [1.807, 2.05) is 6.92 Å². The second-order valence-corrected chi connectivity index (χ2v) is 6.85. The van der Waals surface area contributed by atoms with E-state index in [1.165, 1.54) is 25.7 Å². The molecule has 0 spiro atoms.